The van der Waals surface area contributed by atoms with Gasteiger partial charge in [-0.05, 0) is 50.5 Å². The number of carbonyl (C=O) groups is 2. The number of benzene rings is 1. The SMILES string of the molecule is CCOc1ccc(/C=C/C(=O)N2CCC(C(=O)Nc3cc(C)on3)CC2)cc1. The standard InChI is InChI=1S/C21H25N3O4/c1-3-27-18-7-4-16(5-8-18)6-9-20(25)24-12-10-17(11-13-24)21(26)22-19-14-15(2)28-23-19/h4-9,14,17H,3,10-13H2,1-2H3,(H,22,23,26)/b9-6+. The van der Waals surface area contributed by atoms with Crippen molar-refractivity contribution in [1.29, 1.82) is 0 Å². The number of aryl methyl sites for hydroxylation is 1. The molecule has 2 aromatic rings. The van der Waals surface area contributed by atoms with Crippen molar-refractivity contribution in [2.24, 2.45) is 5.92 Å². The first-order chi connectivity index (χ1) is 13.5. The fourth-order valence-electron chi connectivity index (χ4n) is 3.13. The summed E-state index contributed by atoms with van der Waals surface area (Å²) in [6.07, 6.45) is 4.63. The van der Waals surface area contributed by atoms with Crippen LogP contribution in [-0.2, 0) is 9.59 Å². The highest BCUT2D eigenvalue weighted by molar-refractivity contribution is 5.93. The van der Waals surface area contributed by atoms with E-state index < -0.39 is 0 Å². The molecule has 0 bridgehead atoms. The number of likely N-dealkylation sites (tertiary alicyclic amines) is 1. The van der Waals surface area contributed by atoms with Gasteiger partial charge in [-0.3, -0.25) is 9.59 Å². The fraction of sp³-hybridized carbons (Fsp3) is 0.381. The van der Waals surface area contributed by atoms with E-state index >= 15 is 0 Å². The van der Waals surface area contributed by atoms with Gasteiger partial charge in [-0.25, -0.2) is 0 Å². The van der Waals surface area contributed by atoms with Crippen molar-refractivity contribution in [2.75, 3.05) is 25.0 Å². The average molecular weight is 383 g/mol. The number of nitrogens with one attached hydrogen (secondary N) is 1. The number of rotatable bonds is 6. The molecular formula is C21H25N3O4. The molecule has 1 aromatic heterocycles. The molecule has 1 aliphatic rings. The molecule has 0 radical (unpaired) electrons. The van der Waals surface area contributed by atoms with Crippen molar-refractivity contribution < 1.29 is 18.8 Å². The zero-order valence-corrected chi connectivity index (χ0v) is 16.2. The Morgan fingerprint density at radius 3 is 2.61 bits per heavy atom. The average Bonchev–Trinajstić information content (AvgIpc) is 3.12. The summed E-state index contributed by atoms with van der Waals surface area (Å²) in [4.78, 5) is 26.5. The van der Waals surface area contributed by atoms with E-state index in [1.165, 1.54) is 0 Å². The van der Waals surface area contributed by atoms with Gasteiger partial charge in [0.1, 0.15) is 11.5 Å². The highest BCUT2D eigenvalue weighted by Crippen LogP contribution is 2.20. The Hall–Kier alpha value is -3.09. The number of carbonyl (C=O) groups excluding carboxylic acids is 2. The molecule has 7 heteroatoms. The van der Waals surface area contributed by atoms with Crippen LogP contribution < -0.4 is 10.1 Å². The lowest BCUT2D eigenvalue weighted by atomic mass is 9.96. The minimum Gasteiger partial charge on any atom is -0.494 e. The van der Waals surface area contributed by atoms with Crippen LogP contribution in [0.2, 0.25) is 0 Å². The first-order valence-corrected chi connectivity index (χ1v) is 9.49. The molecule has 0 atom stereocenters. The molecule has 7 nitrogen and oxygen atoms in total. The largest absolute Gasteiger partial charge is 0.494 e. The number of hydrogen-bond donors (Lipinski definition) is 1. The van der Waals surface area contributed by atoms with Crippen molar-refractivity contribution in [1.82, 2.24) is 10.1 Å². The molecule has 0 unspecified atom stereocenters. The molecule has 1 aromatic carbocycles. The van der Waals surface area contributed by atoms with Crippen molar-refractivity contribution in [2.45, 2.75) is 26.7 Å². The molecular weight excluding hydrogens is 358 g/mol. The minimum absolute atomic E-state index is 0.0418. The molecule has 1 fully saturated rings. The maximum absolute atomic E-state index is 12.4. The molecule has 2 amide bonds. The first kappa shape index (κ1) is 19.7. The Labute approximate surface area is 164 Å². The second-order valence-electron chi connectivity index (χ2n) is 6.75. The van der Waals surface area contributed by atoms with Gasteiger partial charge in [-0.15, -0.1) is 0 Å². The molecule has 0 saturated carbocycles. The quantitative estimate of drug-likeness (QED) is 0.774. The molecule has 2 heterocycles. The molecule has 1 saturated heterocycles. The van der Waals surface area contributed by atoms with Crippen LogP contribution in [-0.4, -0.2) is 41.6 Å². The van der Waals surface area contributed by atoms with E-state index in [1.807, 2.05) is 31.2 Å². The predicted molar refractivity (Wildman–Crippen MR) is 106 cm³/mol. The van der Waals surface area contributed by atoms with Gasteiger partial charge in [0.05, 0.1) is 6.61 Å². The summed E-state index contributed by atoms with van der Waals surface area (Å²) in [5.74, 6) is 1.64. The first-order valence-electron chi connectivity index (χ1n) is 9.49. The van der Waals surface area contributed by atoms with Crippen LogP contribution >= 0.6 is 0 Å². The van der Waals surface area contributed by atoms with Gasteiger partial charge in [0.2, 0.25) is 11.8 Å². The maximum atomic E-state index is 12.4. The molecule has 1 N–H and O–H groups in total. The van der Waals surface area contributed by atoms with Crippen molar-refractivity contribution in [3.63, 3.8) is 0 Å². The van der Waals surface area contributed by atoms with Crippen LogP contribution in [0.4, 0.5) is 5.82 Å². The van der Waals surface area contributed by atoms with Crippen LogP contribution in [0.15, 0.2) is 40.9 Å². The van der Waals surface area contributed by atoms with E-state index in [9.17, 15) is 9.59 Å². The van der Waals surface area contributed by atoms with Crippen molar-refractivity contribution in [3.05, 3.63) is 47.7 Å². The van der Waals surface area contributed by atoms with Crippen LogP contribution in [0.1, 0.15) is 31.1 Å². The van der Waals surface area contributed by atoms with E-state index in [1.54, 1.807) is 30.0 Å². The van der Waals surface area contributed by atoms with Gasteiger partial charge < -0.3 is 19.5 Å². The second kappa shape index (κ2) is 9.21. The predicted octanol–water partition coefficient (Wildman–Crippen LogP) is 3.27. The summed E-state index contributed by atoms with van der Waals surface area (Å²) in [6, 6.07) is 9.28. The molecule has 148 valence electrons. The Balaban J connectivity index is 1.47. The Kier molecular flexibility index (Phi) is 6.47. The number of aromatic nitrogens is 1. The van der Waals surface area contributed by atoms with Crippen LogP contribution in [0.3, 0.4) is 0 Å². The van der Waals surface area contributed by atoms with Gasteiger partial charge in [-0.1, -0.05) is 17.3 Å². The number of ether oxygens (including phenoxy) is 1. The third-order valence-electron chi connectivity index (χ3n) is 4.67. The zero-order valence-electron chi connectivity index (χ0n) is 16.2. The monoisotopic (exact) mass is 383 g/mol. The number of amides is 2. The fourth-order valence-corrected chi connectivity index (χ4v) is 3.13. The molecule has 0 aliphatic carbocycles. The van der Waals surface area contributed by atoms with Gasteiger partial charge in [0, 0.05) is 31.1 Å². The minimum atomic E-state index is -0.129. The highest BCUT2D eigenvalue weighted by atomic mass is 16.5. The topological polar surface area (TPSA) is 84.7 Å². The molecule has 3 rings (SSSR count). The van der Waals surface area contributed by atoms with Gasteiger partial charge in [0.25, 0.3) is 0 Å². The van der Waals surface area contributed by atoms with E-state index in [-0.39, 0.29) is 17.7 Å². The number of nitrogens with zero attached hydrogens (tertiary/aromatic N) is 2. The highest BCUT2D eigenvalue weighted by Gasteiger charge is 2.27. The van der Waals surface area contributed by atoms with Crippen molar-refractivity contribution >= 4 is 23.7 Å². The normalized spacial score (nSPS) is 15.0. The molecule has 28 heavy (non-hydrogen) atoms. The summed E-state index contributed by atoms with van der Waals surface area (Å²) in [5.41, 5.74) is 0.939. The number of anilines is 1. The summed E-state index contributed by atoms with van der Waals surface area (Å²) >= 11 is 0. The third-order valence-corrected chi connectivity index (χ3v) is 4.67. The lowest BCUT2D eigenvalue weighted by Gasteiger charge is -2.30. The molecule has 1 aliphatic heterocycles. The van der Waals surface area contributed by atoms with Gasteiger partial charge >= 0.3 is 0 Å². The summed E-state index contributed by atoms with van der Waals surface area (Å²) in [5, 5.41) is 6.54. The van der Waals surface area contributed by atoms with E-state index in [0.29, 0.717) is 44.1 Å². The lowest BCUT2D eigenvalue weighted by molar-refractivity contribution is -0.130. The molecule has 0 spiro atoms. The number of hydrogen-bond acceptors (Lipinski definition) is 5. The zero-order chi connectivity index (χ0) is 19.9. The Morgan fingerprint density at radius 2 is 2.00 bits per heavy atom. The third kappa shape index (κ3) is 5.22. The van der Waals surface area contributed by atoms with E-state index in [4.69, 9.17) is 9.26 Å². The second-order valence-corrected chi connectivity index (χ2v) is 6.75. The lowest BCUT2D eigenvalue weighted by Crippen LogP contribution is -2.40. The van der Waals surface area contributed by atoms with Crippen molar-refractivity contribution in [3.8, 4) is 5.75 Å². The Bertz CT molecular complexity index is 834. The van der Waals surface area contributed by atoms with Crippen LogP contribution in [0.25, 0.3) is 6.08 Å². The van der Waals surface area contributed by atoms with E-state index in [2.05, 4.69) is 10.5 Å². The van der Waals surface area contributed by atoms with Gasteiger partial charge in [-0.2, -0.15) is 0 Å². The number of piperidine rings is 1. The summed E-state index contributed by atoms with van der Waals surface area (Å²) < 4.78 is 10.4. The summed E-state index contributed by atoms with van der Waals surface area (Å²) in [7, 11) is 0. The van der Waals surface area contributed by atoms with Crippen LogP contribution in [0, 0.1) is 12.8 Å². The summed E-state index contributed by atoms with van der Waals surface area (Å²) in [6.45, 7) is 5.45. The smallest absolute Gasteiger partial charge is 0.246 e. The van der Waals surface area contributed by atoms with E-state index in [0.717, 1.165) is 11.3 Å². The maximum Gasteiger partial charge on any atom is 0.246 e. The Morgan fingerprint density at radius 1 is 1.29 bits per heavy atom. The van der Waals surface area contributed by atoms with Crippen LogP contribution in [0.5, 0.6) is 5.75 Å². The van der Waals surface area contributed by atoms with Gasteiger partial charge in [0.15, 0.2) is 5.82 Å².